The number of nitrogens with two attached hydrogens (primary N) is 1. The smallest absolute Gasteiger partial charge is 0.126 e. The van der Waals surface area contributed by atoms with E-state index in [0.29, 0.717) is 0 Å². The largest absolute Gasteiger partial charge is 0.322 e. The van der Waals surface area contributed by atoms with E-state index in [-0.39, 0.29) is 6.04 Å². The van der Waals surface area contributed by atoms with Crippen LogP contribution < -0.4 is 5.73 Å². The Bertz CT molecular complexity index is 727. The first-order chi connectivity index (χ1) is 9.65. The molecule has 2 N–H and O–H groups in total. The fourth-order valence-corrected chi connectivity index (χ4v) is 2.54. The van der Waals surface area contributed by atoms with Crippen LogP contribution in [0.2, 0.25) is 0 Å². The van der Waals surface area contributed by atoms with Gasteiger partial charge in [-0.25, -0.2) is 4.98 Å². The van der Waals surface area contributed by atoms with Gasteiger partial charge in [-0.05, 0) is 37.1 Å². The van der Waals surface area contributed by atoms with Gasteiger partial charge in [-0.1, -0.05) is 36.4 Å². The second-order valence-electron chi connectivity index (χ2n) is 5.32. The molecule has 0 saturated carbocycles. The highest BCUT2D eigenvalue weighted by Gasteiger charge is 2.14. The van der Waals surface area contributed by atoms with Crippen LogP contribution in [0.5, 0.6) is 0 Å². The summed E-state index contributed by atoms with van der Waals surface area (Å²) in [7, 11) is 0. The maximum Gasteiger partial charge on any atom is 0.126 e. The highest BCUT2D eigenvalue weighted by atomic mass is 15.1. The van der Waals surface area contributed by atoms with Crippen molar-refractivity contribution in [2.24, 2.45) is 5.73 Å². The Morgan fingerprint density at radius 2 is 1.90 bits per heavy atom. The molecule has 3 nitrogen and oxygen atoms in total. The molecular formula is C17H19N3. The third-order valence-corrected chi connectivity index (χ3v) is 3.52. The fraction of sp³-hybridized carbons (Fsp3) is 0.235. The number of aromatic nitrogens is 2. The topological polar surface area (TPSA) is 43.8 Å². The van der Waals surface area contributed by atoms with E-state index in [9.17, 15) is 0 Å². The molecule has 1 heterocycles. The molecule has 102 valence electrons. The van der Waals surface area contributed by atoms with Gasteiger partial charge in [0, 0.05) is 6.54 Å². The van der Waals surface area contributed by atoms with Gasteiger partial charge < -0.3 is 10.3 Å². The Labute approximate surface area is 119 Å². The number of fused-ring (bicyclic) bond motifs is 1. The summed E-state index contributed by atoms with van der Waals surface area (Å²) in [4.78, 5) is 4.71. The van der Waals surface area contributed by atoms with Crippen LogP contribution in [0.25, 0.3) is 11.0 Å². The summed E-state index contributed by atoms with van der Waals surface area (Å²) in [6.07, 6.45) is 0. The zero-order chi connectivity index (χ0) is 14.1. The summed E-state index contributed by atoms with van der Waals surface area (Å²) in [5.41, 5.74) is 10.7. The molecule has 0 aliphatic heterocycles. The Morgan fingerprint density at radius 1 is 1.15 bits per heavy atom. The lowest BCUT2D eigenvalue weighted by molar-refractivity contribution is 0.664. The molecule has 0 amide bonds. The maximum absolute atomic E-state index is 6.09. The summed E-state index contributed by atoms with van der Waals surface area (Å²) in [5, 5.41) is 0. The molecule has 0 spiro atoms. The van der Waals surface area contributed by atoms with Crippen LogP contribution in [0.1, 0.15) is 29.9 Å². The quantitative estimate of drug-likeness (QED) is 0.788. The van der Waals surface area contributed by atoms with Crippen LogP contribution in [-0.4, -0.2) is 9.55 Å². The number of hydrogen-bond donors (Lipinski definition) is 1. The van der Waals surface area contributed by atoms with Crippen LogP contribution in [0.15, 0.2) is 48.5 Å². The lowest BCUT2D eigenvalue weighted by Gasteiger charge is -2.11. The van der Waals surface area contributed by atoms with Gasteiger partial charge >= 0.3 is 0 Å². The van der Waals surface area contributed by atoms with Crippen molar-refractivity contribution >= 4 is 11.0 Å². The predicted octanol–water partition coefficient (Wildman–Crippen LogP) is 3.41. The second-order valence-corrected chi connectivity index (χ2v) is 5.32. The first kappa shape index (κ1) is 12.9. The molecule has 2 aromatic carbocycles. The predicted molar refractivity (Wildman–Crippen MR) is 82.6 cm³/mol. The molecule has 3 rings (SSSR count). The number of rotatable bonds is 3. The average Bonchev–Trinajstić information content (AvgIpc) is 2.78. The van der Waals surface area contributed by atoms with E-state index in [1.165, 1.54) is 11.1 Å². The Hall–Kier alpha value is -2.13. The van der Waals surface area contributed by atoms with Gasteiger partial charge in [-0.15, -0.1) is 0 Å². The van der Waals surface area contributed by atoms with E-state index in [4.69, 9.17) is 10.7 Å². The van der Waals surface area contributed by atoms with Gasteiger partial charge in [0.05, 0.1) is 17.1 Å². The molecule has 1 aromatic heterocycles. The van der Waals surface area contributed by atoms with Crippen molar-refractivity contribution in [2.75, 3.05) is 0 Å². The molecule has 0 bridgehead atoms. The van der Waals surface area contributed by atoms with E-state index in [1.807, 2.05) is 13.0 Å². The van der Waals surface area contributed by atoms with Crippen molar-refractivity contribution in [3.05, 3.63) is 65.5 Å². The molecule has 1 atom stereocenters. The van der Waals surface area contributed by atoms with Crippen LogP contribution in [-0.2, 0) is 6.54 Å². The lowest BCUT2D eigenvalue weighted by Crippen LogP contribution is -2.14. The van der Waals surface area contributed by atoms with Crippen molar-refractivity contribution in [2.45, 2.75) is 26.4 Å². The Balaban J connectivity index is 2.14. The van der Waals surface area contributed by atoms with Gasteiger partial charge in [0.25, 0.3) is 0 Å². The summed E-state index contributed by atoms with van der Waals surface area (Å²) in [6, 6.07) is 16.7. The zero-order valence-corrected chi connectivity index (χ0v) is 11.9. The van der Waals surface area contributed by atoms with Crippen molar-refractivity contribution < 1.29 is 0 Å². The molecule has 1 unspecified atom stereocenters. The van der Waals surface area contributed by atoms with Crippen molar-refractivity contribution in [1.29, 1.82) is 0 Å². The SMILES string of the molecule is Cc1ccc2c(c1)nc(C(C)N)n2Cc1ccccc1. The van der Waals surface area contributed by atoms with E-state index in [0.717, 1.165) is 23.4 Å². The number of aryl methyl sites for hydroxylation is 1. The Morgan fingerprint density at radius 3 is 2.60 bits per heavy atom. The van der Waals surface area contributed by atoms with Crippen LogP contribution in [0, 0.1) is 6.92 Å². The maximum atomic E-state index is 6.09. The van der Waals surface area contributed by atoms with Crippen LogP contribution in [0.3, 0.4) is 0 Å². The summed E-state index contributed by atoms with van der Waals surface area (Å²) in [6.45, 7) is 4.87. The van der Waals surface area contributed by atoms with Crippen molar-refractivity contribution in [3.8, 4) is 0 Å². The lowest BCUT2D eigenvalue weighted by atomic mass is 10.2. The first-order valence-electron chi connectivity index (χ1n) is 6.91. The van der Waals surface area contributed by atoms with Gasteiger partial charge in [-0.3, -0.25) is 0 Å². The van der Waals surface area contributed by atoms with Gasteiger partial charge in [0.15, 0.2) is 0 Å². The molecule has 20 heavy (non-hydrogen) atoms. The monoisotopic (exact) mass is 265 g/mol. The minimum atomic E-state index is -0.0774. The standard InChI is InChI=1S/C17H19N3/c1-12-8-9-16-15(10-12)19-17(13(2)18)20(16)11-14-6-4-3-5-7-14/h3-10,13H,11,18H2,1-2H3. The minimum Gasteiger partial charge on any atom is -0.322 e. The summed E-state index contributed by atoms with van der Waals surface area (Å²) >= 11 is 0. The first-order valence-corrected chi connectivity index (χ1v) is 6.91. The van der Waals surface area contributed by atoms with Crippen LogP contribution >= 0.6 is 0 Å². The molecule has 0 fully saturated rings. The third kappa shape index (κ3) is 2.32. The molecule has 0 saturated heterocycles. The van der Waals surface area contributed by atoms with Gasteiger partial charge in [0.2, 0.25) is 0 Å². The van der Waals surface area contributed by atoms with E-state index >= 15 is 0 Å². The summed E-state index contributed by atoms with van der Waals surface area (Å²) < 4.78 is 2.22. The van der Waals surface area contributed by atoms with Crippen LogP contribution in [0.4, 0.5) is 0 Å². The average molecular weight is 265 g/mol. The van der Waals surface area contributed by atoms with E-state index in [2.05, 4.69) is 54.0 Å². The van der Waals surface area contributed by atoms with Crippen molar-refractivity contribution in [1.82, 2.24) is 9.55 Å². The highest BCUT2D eigenvalue weighted by Crippen LogP contribution is 2.22. The van der Waals surface area contributed by atoms with Gasteiger partial charge in [-0.2, -0.15) is 0 Å². The normalized spacial score (nSPS) is 12.8. The molecule has 0 aliphatic carbocycles. The number of nitrogens with zero attached hydrogens (tertiary/aromatic N) is 2. The summed E-state index contributed by atoms with van der Waals surface area (Å²) in [5.74, 6) is 0.939. The van der Waals surface area contributed by atoms with Gasteiger partial charge in [0.1, 0.15) is 5.82 Å². The molecule has 3 aromatic rings. The highest BCUT2D eigenvalue weighted by molar-refractivity contribution is 5.77. The zero-order valence-electron chi connectivity index (χ0n) is 11.9. The molecule has 0 radical (unpaired) electrons. The van der Waals surface area contributed by atoms with E-state index in [1.54, 1.807) is 0 Å². The second kappa shape index (κ2) is 5.10. The Kier molecular flexibility index (Phi) is 3.28. The number of hydrogen-bond acceptors (Lipinski definition) is 2. The van der Waals surface area contributed by atoms with Crippen molar-refractivity contribution in [3.63, 3.8) is 0 Å². The molecular weight excluding hydrogens is 246 g/mol. The van der Waals surface area contributed by atoms with E-state index < -0.39 is 0 Å². The fourth-order valence-electron chi connectivity index (χ4n) is 2.54. The molecule has 3 heteroatoms. The number of imidazole rings is 1. The third-order valence-electron chi connectivity index (χ3n) is 3.52. The number of benzene rings is 2. The molecule has 0 aliphatic rings. The minimum absolute atomic E-state index is 0.0774.